The molecule has 2 nitrogen and oxygen atoms in total. The van der Waals surface area contributed by atoms with Crippen LogP contribution in [0.15, 0.2) is 0 Å². The Kier molecular flexibility index (Phi) is 3.53. The van der Waals surface area contributed by atoms with Gasteiger partial charge in [-0.05, 0) is 32.7 Å². The first-order chi connectivity index (χ1) is 5.69. The molecule has 0 bridgehead atoms. The minimum atomic E-state index is 0.441. The summed E-state index contributed by atoms with van der Waals surface area (Å²) < 4.78 is 0. The zero-order chi connectivity index (χ0) is 9.14. The van der Waals surface area contributed by atoms with Crippen molar-refractivity contribution < 1.29 is 0 Å². The Morgan fingerprint density at radius 2 is 1.58 bits per heavy atom. The van der Waals surface area contributed by atoms with Gasteiger partial charge in [-0.25, -0.2) is 0 Å². The highest BCUT2D eigenvalue weighted by Gasteiger charge is 2.29. The third-order valence-corrected chi connectivity index (χ3v) is 3.24. The van der Waals surface area contributed by atoms with Crippen LogP contribution in [0.5, 0.6) is 0 Å². The molecule has 0 radical (unpaired) electrons. The maximum Gasteiger partial charge on any atom is 0.0107 e. The fourth-order valence-corrected chi connectivity index (χ4v) is 2.34. The van der Waals surface area contributed by atoms with Crippen LogP contribution in [-0.4, -0.2) is 30.1 Å². The Bertz CT molecular complexity index is 122. The van der Waals surface area contributed by atoms with E-state index in [0.29, 0.717) is 6.04 Å². The van der Waals surface area contributed by atoms with Gasteiger partial charge in [0.05, 0.1) is 0 Å². The van der Waals surface area contributed by atoms with Gasteiger partial charge in [-0.1, -0.05) is 13.8 Å². The normalized spacial score (nSPS) is 38.5. The van der Waals surface area contributed by atoms with Crippen molar-refractivity contribution in [1.82, 2.24) is 4.90 Å². The largest absolute Gasteiger partial charge is 0.328 e. The van der Waals surface area contributed by atoms with E-state index in [1.807, 2.05) is 0 Å². The highest BCUT2D eigenvalue weighted by atomic mass is 15.2. The highest BCUT2D eigenvalue weighted by molar-refractivity contribution is 4.87. The van der Waals surface area contributed by atoms with Crippen LogP contribution in [0.4, 0.5) is 0 Å². The summed E-state index contributed by atoms with van der Waals surface area (Å²) in [6.45, 7) is 4.51. The van der Waals surface area contributed by atoms with Crippen LogP contribution in [-0.2, 0) is 0 Å². The van der Waals surface area contributed by atoms with Crippen LogP contribution in [0, 0.1) is 0 Å². The van der Waals surface area contributed by atoms with E-state index in [9.17, 15) is 0 Å². The van der Waals surface area contributed by atoms with Crippen LogP contribution in [0.2, 0.25) is 0 Å². The molecule has 0 saturated carbocycles. The number of likely N-dealkylation sites (tertiary alicyclic amines) is 1. The lowest BCUT2D eigenvalue weighted by Gasteiger charge is -2.41. The molecule has 1 fully saturated rings. The summed E-state index contributed by atoms with van der Waals surface area (Å²) >= 11 is 0. The second-order valence-electron chi connectivity index (χ2n) is 4.02. The summed E-state index contributed by atoms with van der Waals surface area (Å²) in [5.41, 5.74) is 6.00. The molecule has 2 atom stereocenters. The molecule has 0 unspecified atom stereocenters. The van der Waals surface area contributed by atoms with Gasteiger partial charge in [0.25, 0.3) is 0 Å². The zero-order valence-electron chi connectivity index (χ0n) is 8.59. The molecule has 1 saturated heterocycles. The smallest absolute Gasteiger partial charge is 0.0107 e. The third kappa shape index (κ3) is 1.99. The average molecular weight is 170 g/mol. The van der Waals surface area contributed by atoms with Crippen molar-refractivity contribution in [3.63, 3.8) is 0 Å². The van der Waals surface area contributed by atoms with Gasteiger partial charge in [0.2, 0.25) is 0 Å². The van der Waals surface area contributed by atoms with Gasteiger partial charge >= 0.3 is 0 Å². The van der Waals surface area contributed by atoms with E-state index in [-0.39, 0.29) is 0 Å². The topological polar surface area (TPSA) is 29.3 Å². The molecule has 0 amide bonds. The van der Waals surface area contributed by atoms with E-state index in [4.69, 9.17) is 5.73 Å². The maximum absolute atomic E-state index is 6.00. The van der Waals surface area contributed by atoms with Gasteiger partial charge < -0.3 is 10.6 Å². The Morgan fingerprint density at radius 1 is 1.17 bits per heavy atom. The van der Waals surface area contributed by atoms with Crippen LogP contribution < -0.4 is 5.73 Å². The first-order valence-electron chi connectivity index (χ1n) is 5.16. The molecule has 0 aromatic rings. The van der Waals surface area contributed by atoms with Crippen LogP contribution in [0.25, 0.3) is 0 Å². The Hall–Kier alpha value is -0.0800. The highest BCUT2D eigenvalue weighted by Crippen LogP contribution is 2.24. The molecule has 2 N–H and O–H groups in total. The Labute approximate surface area is 76.1 Å². The lowest BCUT2D eigenvalue weighted by molar-refractivity contribution is 0.0963. The van der Waals surface area contributed by atoms with Crippen molar-refractivity contribution in [3.05, 3.63) is 0 Å². The minimum absolute atomic E-state index is 0.441. The monoisotopic (exact) mass is 170 g/mol. The molecule has 0 aromatic carbocycles. The van der Waals surface area contributed by atoms with Crippen LogP contribution in [0.1, 0.15) is 39.5 Å². The molecule has 1 heterocycles. The molecule has 0 spiro atoms. The summed E-state index contributed by atoms with van der Waals surface area (Å²) in [4.78, 5) is 2.52. The van der Waals surface area contributed by atoms with Crippen molar-refractivity contribution in [2.24, 2.45) is 5.73 Å². The fraction of sp³-hybridized carbons (Fsp3) is 1.00. The van der Waals surface area contributed by atoms with E-state index >= 15 is 0 Å². The summed E-state index contributed by atoms with van der Waals surface area (Å²) in [5, 5.41) is 0. The van der Waals surface area contributed by atoms with E-state index in [2.05, 4.69) is 25.8 Å². The summed E-state index contributed by atoms with van der Waals surface area (Å²) in [5.74, 6) is 0. The van der Waals surface area contributed by atoms with Gasteiger partial charge in [-0.2, -0.15) is 0 Å². The SMILES string of the molecule is CC[C@H]1CC(N)C[C@H](CC)N1C. The van der Waals surface area contributed by atoms with Gasteiger partial charge in [-0.15, -0.1) is 0 Å². The van der Waals surface area contributed by atoms with E-state index in [1.165, 1.54) is 25.7 Å². The fourth-order valence-electron chi connectivity index (χ4n) is 2.34. The molecule has 1 rings (SSSR count). The van der Waals surface area contributed by atoms with E-state index in [0.717, 1.165) is 12.1 Å². The maximum atomic E-state index is 6.00. The summed E-state index contributed by atoms with van der Waals surface area (Å²) in [6, 6.07) is 1.88. The number of piperidine rings is 1. The quantitative estimate of drug-likeness (QED) is 0.682. The van der Waals surface area contributed by atoms with Gasteiger partial charge in [0.1, 0.15) is 0 Å². The number of nitrogens with zero attached hydrogens (tertiary/aromatic N) is 1. The molecule has 1 aliphatic heterocycles. The summed E-state index contributed by atoms with van der Waals surface area (Å²) in [7, 11) is 2.24. The van der Waals surface area contributed by atoms with E-state index < -0.39 is 0 Å². The predicted octanol–water partition coefficient (Wildman–Crippen LogP) is 1.60. The molecule has 0 aliphatic carbocycles. The summed E-state index contributed by atoms with van der Waals surface area (Å²) in [6.07, 6.45) is 4.84. The molecular formula is C10H22N2. The number of hydrogen-bond acceptors (Lipinski definition) is 2. The van der Waals surface area contributed by atoms with Crippen molar-refractivity contribution in [2.45, 2.75) is 57.7 Å². The van der Waals surface area contributed by atoms with Crippen molar-refractivity contribution in [1.29, 1.82) is 0 Å². The Morgan fingerprint density at radius 3 is 1.92 bits per heavy atom. The molecule has 72 valence electrons. The van der Waals surface area contributed by atoms with Crippen LogP contribution in [0.3, 0.4) is 0 Å². The first-order valence-corrected chi connectivity index (χ1v) is 5.16. The standard InChI is InChI=1S/C10H22N2/c1-4-9-6-8(11)7-10(5-2)12(9)3/h8-10H,4-7,11H2,1-3H3/t9-,10-/m0/s1. The number of nitrogens with two attached hydrogens (primary N) is 1. The molecule has 1 aliphatic rings. The lowest BCUT2D eigenvalue weighted by atomic mass is 9.90. The zero-order valence-corrected chi connectivity index (χ0v) is 8.59. The van der Waals surface area contributed by atoms with E-state index in [1.54, 1.807) is 0 Å². The average Bonchev–Trinajstić information content (AvgIpc) is 2.08. The van der Waals surface area contributed by atoms with Gasteiger partial charge in [-0.3, -0.25) is 0 Å². The first kappa shape index (κ1) is 10.0. The number of rotatable bonds is 2. The molecule has 0 aromatic heterocycles. The predicted molar refractivity (Wildman–Crippen MR) is 53.1 cm³/mol. The van der Waals surface area contributed by atoms with Gasteiger partial charge in [0.15, 0.2) is 0 Å². The van der Waals surface area contributed by atoms with Crippen molar-refractivity contribution in [3.8, 4) is 0 Å². The Balaban J connectivity index is 2.55. The molecular weight excluding hydrogens is 148 g/mol. The van der Waals surface area contributed by atoms with Crippen molar-refractivity contribution in [2.75, 3.05) is 7.05 Å². The number of hydrogen-bond donors (Lipinski definition) is 1. The second kappa shape index (κ2) is 4.24. The van der Waals surface area contributed by atoms with Crippen molar-refractivity contribution >= 4 is 0 Å². The second-order valence-corrected chi connectivity index (χ2v) is 4.02. The lowest BCUT2D eigenvalue weighted by Crippen LogP contribution is -2.50. The molecule has 12 heavy (non-hydrogen) atoms. The van der Waals surface area contributed by atoms with Crippen LogP contribution >= 0.6 is 0 Å². The molecule has 2 heteroatoms. The minimum Gasteiger partial charge on any atom is -0.328 e. The third-order valence-electron chi connectivity index (χ3n) is 3.24. The van der Waals surface area contributed by atoms with Gasteiger partial charge in [0, 0.05) is 18.1 Å².